The molecule has 0 saturated carbocycles. The number of ether oxygens (including phenoxy) is 1. The van der Waals surface area contributed by atoms with Crippen molar-refractivity contribution in [2.45, 2.75) is 12.5 Å². The highest BCUT2D eigenvalue weighted by atomic mass is 32.2. The van der Waals surface area contributed by atoms with Crippen LogP contribution in [0.4, 0.5) is 10.3 Å². The number of fused-ring (bicyclic) bond motifs is 1. The molecule has 2 N–H and O–H groups in total. The summed E-state index contributed by atoms with van der Waals surface area (Å²) < 4.78 is 19.1. The van der Waals surface area contributed by atoms with E-state index < -0.39 is 11.4 Å². The van der Waals surface area contributed by atoms with Crippen LogP contribution in [-0.4, -0.2) is 46.1 Å². The third-order valence-electron chi connectivity index (χ3n) is 4.90. The summed E-state index contributed by atoms with van der Waals surface area (Å²) in [4.78, 5) is 19.7. The minimum absolute atomic E-state index is 0.0461. The van der Waals surface area contributed by atoms with Crippen LogP contribution >= 0.6 is 11.8 Å². The van der Waals surface area contributed by atoms with Gasteiger partial charge in [-0.1, -0.05) is 17.8 Å². The van der Waals surface area contributed by atoms with Gasteiger partial charge in [-0.3, -0.25) is 4.98 Å². The first-order valence-corrected chi connectivity index (χ1v) is 9.24. The molecule has 2 unspecified atom stereocenters. The summed E-state index contributed by atoms with van der Waals surface area (Å²) in [6.07, 6.45) is 3.57. The number of aliphatic imine (C=N–C) groups is 1. The van der Waals surface area contributed by atoms with Crippen LogP contribution in [0.2, 0.25) is 0 Å². The number of nitrogens with two attached hydrogens (primary N) is 1. The molecular weight excluding hydrogens is 355 g/mol. The van der Waals surface area contributed by atoms with Gasteiger partial charge >= 0.3 is 0 Å². The molecule has 2 aliphatic rings. The van der Waals surface area contributed by atoms with E-state index in [1.165, 1.54) is 7.11 Å². The molecule has 4 rings (SSSR count). The number of rotatable bonds is 3. The van der Waals surface area contributed by atoms with E-state index >= 15 is 0 Å². The summed E-state index contributed by atoms with van der Waals surface area (Å²) in [7, 11) is 1.40. The van der Waals surface area contributed by atoms with Gasteiger partial charge in [-0.2, -0.15) is 9.37 Å². The standard InChI is InChI=1S/C17H19FN6OS/c1-10-13(18)14(25-2)22-16(21-10)24-7-12-8-26-15(19)23-17(12,9-24)11-4-3-5-20-6-11/h3-6,12H,7-9H2,1-2H3,(H2,19,23). The van der Waals surface area contributed by atoms with Crippen LogP contribution < -0.4 is 15.4 Å². The first-order valence-electron chi connectivity index (χ1n) is 8.25. The van der Waals surface area contributed by atoms with Gasteiger partial charge in [0.1, 0.15) is 5.54 Å². The summed E-state index contributed by atoms with van der Waals surface area (Å²) >= 11 is 1.55. The molecule has 2 atom stereocenters. The third-order valence-corrected chi connectivity index (χ3v) is 5.86. The Labute approximate surface area is 154 Å². The number of nitrogens with zero attached hydrogens (tertiary/aromatic N) is 5. The average Bonchev–Trinajstić information content (AvgIpc) is 3.04. The highest BCUT2D eigenvalue weighted by molar-refractivity contribution is 8.13. The SMILES string of the molecule is COc1nc(N2CC3CSC(N)=NC3(c3cccnc3)C2)nc(C)c1F. The van der Waals surface area contributed by atoms with Gasteiger partial charge in [-0.15, -0.1) is 0 Å². The van der Waals surface area contributed by atoms with Gasteiger partial charge in [0.15, 0.2) is 5.17 Å². The van der Waals surface area contributed by atoms with Crippen molar-refractivity contribution >= 4 is 22.9 Å². The van der Waals surface area contributed by atoms with E-state index in [4.69, 9.17) is 15.5 Å². The van der Waals surface area contributed by atoms with Crippen molar-refractivity contribution in [3.8, 4) is 5.88 Å². The van der Waals surface area contributed by atoms with E-state index in [1.807, 2.05) is 23.2 Å². The van der Waals surface area contributed by atoms with Crippen LogP contribution in [0.15, 0.2) is 29.5 Å². The van der Waals surface area contributed by atoms with Crippen LogP contribution in [0.1, 0.15) is 11.3 Å². The Balaban J connectivity index is 1.76. The molecule has 1 saturated heterocycles. The smallest absolute Gasteiger partial charge is 0.255 e. The minimum Gasteiger partial charge on any atom is -0.479 e. The zero-order chi connectivity index (χ0) is 18.3. The topological polar surface area (TPSA) is 89.5 Å². The monoisotopic (exact) mass is 374 g/mol. The van der Waals surface area contributed by atoms with E-state index in [2.05, 4.69) is 15.0 Å². The number of hydrogen-bond donors (Lipinski definition) is 1. The Morgan fingerprint density at radius 3 is 3.00 bits per heavy atom. The van der Waals surface area contributed by atoms with Crippen LogP contribution in [-0.2, 0) is 5.54 Å². The van der Waals surface area contributed by atoms with Gasteiger partial charge in [0, 0.05) is 36.2 Å². The highest BCUT2D eigenvalue weighted by Crippen LogP contribution is 2.46. The first kappa shape index (κ1) is 17.0. The molecule has 4 heterocycles. The normalized spacial score (nSPS) is 25.0. The predicted molar refractivity (Wildman–Crippen MR) is 99.0 cm³/mol. The van der Waals surface area contributed by atoms with E-state index in [9.17, 15) is 4.39 Å². The number of pyridine rings is 1. The first-order chi connectivity index (χ1) is 12.5. The minimum atomic E-state index is -0.535. The lowest BCUT2D eigenvalue weighted by Crippen LogP contribution is -2.40. The molecule has 7 nitrogen and oxygen atoms in total. The molecule has 9 heteroatoms. The molecule has 1 fully saturated rings. The maximum absolute atomic E-state index is 14.0. The maximum Gasteiger partial charge on any atom is 0.255 e. The van der Waals surface area contributed by atoms with Gasteiger partial charge in [0.05, 0.1) is 19.3 Å². The number of halogens is 1. The van der Waals surface area contributed by atoms with Crippen molar-refractivity contribution in [1.29, 1.82) is 0 Å². The average molecular weight is 374 g/mol. The lowest BCUT2D eigenvalue weighted by molar-refractivity contribution is 0.365. The zero-order valence-corrected chi connectivity index (χ0v) is 15.3. The second kappa shape index (κ2) is 6.39. The van der Waals surface area contributed by atoms with Gasteiger partial charge < -0.3 is 15.4 Å². The number of aromatic nitrogens is 3. The fourth-order valence-corrected chi connectivity index (χ4v) is 4.57. The van der Waals surface area contributed by atoms with Crippen LogP contribution in [0.5, 0.6) is 5.88 Å². The number of anilines is 1. The molecule has 0 radical (unpaired) electrons. The van der Waals surface area contributed by atoms with Crippen molar-refractivity contribution in [2.24, 2.45) is 16.6 Å². The molecular formula is C17H19FN6OS. The van der Waals surface area contributed by atoms with Gasteiger partial charge in [-0.25, -0.2) is 9.98 Å². The van der Waals surface area contributed by atoms with E-state index in [-0.39, 0.29) is 17.5 Å². The largest absolute Gasteiger partial charge is 0.479 e. The summed E-state index contributed by atoms with van der Waals surface area (Å²) in [6.45, 7) is 2.86. The molecule has 26 heavy (non-hydrogen) atoms. The second-order valence-corrected chi connectivity index (χ2v) is 7.48. The van der Waals surface area contributed by atoms with Gasteiger partial charge in [0.25, 0.3) is 5.88 Å². The number of aryl methyl sites for hydroxylation is 1. The Morgan fingerprint density at radius 1 is 1.42 bits per heavy atom. The summed E-state index contributed by atoms with van der Waals surface area (Å²) in [6, 6.07) is 3.92. The summed E-state index contributed by atoms with van der Waals surface area (Å²) in [5, 5.41) is 0.570. The van der Waals surface area contributed by atoms with Gasteiger partial charge in [0.2, 0.25) is 11.8 Å². The summed E-state index contributed by atoms with van der Waals surface area (Å²) in [5.41, 5.74) is 6.84. The third kappa shape index (κ3) is 2.66. The quantitative estimate of drug-likeness (QED) is 0.875. The van der Waals surface area contributed by atoms with Crippen molar-refractivity contribution in [2.75, 3.05) is 30.9 Å². The second-order valence-electron chi connectivity index (χ2n) is 6.44. The van der Waals surface area contributed by atoms with E-state index in [0.717, 1.165) is 11.3 Å². The number of thioether (sulfide) groups is 1. The molecule has 0 bridgehead atoms. The molecule has 0 amide bonds. The van der Waals surface area contributed by atoms with Crippen LogP contribution in [0, 0.1) is 18.7 Å². The maximum atomic E-state index is 14.0. The van der Waals surface area contributed by atoms with Gasteiger partial charge in [-0.05, 0) is 13.0 Å². The molecule has 2 aromatic heterocycles. The predicted octanol–water partition coefficient (Wildman–Crippen LogP) is 1.72. The molecule has 0 aliphatic carbocycles. The fourth-order valence-electron chi connectivity index (χ4n) is 3.59. The molecule has 136 valence electrons. The molecule has 2 aliphatic heterocycles. The number of methoxy groups -OCH3 is 1. The highest BCUT2D eigenvalue weighted by Gasteiger charge is 2.51. The van der Waals surface area contributed by atoms with Crippen LogP contribution in [0.25, 0.3) is 0 Å². The Kier molecular flexibility index (Phi) is 4.18. The summed E-state index contributed by atoms with van der Waals surface area (Å²) in [5.74, 6) is 0.932. The molecule has 0 spiro atoms. The Hall–Kier alpha value is -2.42. The van der Waals surface area contributed by atoms with E-state index in [0.29, 0.717) is 24.2 Å². The Bertz CT molecular complexity index is 864. The van der Waals surface area contributed by atoms with Crippen molar-refractivity contribution < 1.29 is 9.13 Å². The molecule has 0 aromatic carbocycles. The lowest BCUT2D eigenvalue weighted by Gasteiger charge is -2.34. The lowest BCUT2D eigenvalue weighted by atomic mass is 9.83. The zero-order valence-electron chi connectivity index (χ0n) is 14.5. The Morgan fingerprint density at radius 2 is 2.27 bits per heavy atom. The molecule has 2 aromatic rings. The van der Waals surface area contributed by atoms with Crippen molar-refractivity contribution in [3.63, 3.8) is 0 Å². The van der Waals surface area contributed by atoms with E-state index in [1.54, 1.807) is 24.9 Å². The van der Waals surface area contributed by atoms with Crippen molar-refractivity contribution in [1.82, 2.24) is 15.0 Å². The van der Waals surface area contributed by atoms with Crippen molar-refractivity contribution in [3.05, 3.63) is 41.6 Å². The van der Waals surface area contributed by atoms with Crippen LogP contribution in [0.3, 0.4) is 0 Å². The number of amidine groups is 1. The fraction of sp³-hybridized carbons (Fsp3) is 0.412. The number of hydrogen-bond acceptors (Lipinski definition) is 8.